The highest BCUT2D eigenvalue weighted by Gasteiger charge is 2.15. The van der Waals surface area contributed by atoms with Gasteiger partial charge in [0, 0.05) is 5.56 Å². The van der Waals surface area contributed by atoms with E-state index in [1.54, 1.807) is 6.07 Å². The molecule has 2 N–H and O–H groups in total. The molecule has 0 radical (unpaired) electrons. The van der Waals surface area contributed by atoms with Gasteiger partial charge >= 0.3 is 5.69 Å². The summed E-state index contributed by atoms with van der Waals surface area (Å²) in [5.74, 6) is 0. The van der Waals surface area contributed by atoms with Crippen molar-refractivity contribution in [2.24, 2.45) is 0 Å². The summed E-state index contributed by atoms with van der Waals surface area (Å²) in [6.07, 6.45) is 0. The Kier molecular flexibility index (Phi) is 1.77. The fraction of sp³-hybridized carbons (Fsp3) is 0.250. The minimum absolute atomic E-state index is 0.477. The van der Waals surface area contributed by atoms with Gasteiger partial charge in [-0.3, -0.25) is 0 Å². The number of anilines is 1. The SMILES string of the molecule is Cc1ccc(N)c([N+]#N)c1C. The van der Waals surface area contributed by atoms with Crippen LogP contribution >= 0.6 is 0 Å². The summed E-state index contributed by atoms with van der Waals surface area (Å²) in [6, 6.07) is 3.64. The summed E-state index contributed by atoms with van der Waals surface area (Å²) in [5, 5.41) is 8.57. The lowest BCUT2D eigenvalue weighted by Gasteiger charge is -1.95. The highest BCUT2D eigenvalue weighted by Crippen LogP contribution is 2.28. The molecule has 0 saturated carbocycles. The van der Waals surface area contributed by atoms with Crippen molar-refractivity contribution in [1.29, 1.82) is 5.39 Å². The summed E-state index contributed by atoms with van der Waals surface area (Å²) >= 11 is 0. The molecule has 0 aliphatic carbocycles. The van der Waals surface area contributed by atoms with Gasteiger partial charge in [-0.25, -0.2) is 0 Å². The van der Waals surface area contributed by atoms with E-state index >= 15 is 0 Å². The Hall–Kier alpha value is -1.56. The molecule has 0 aliphatic rings. The number of diazo groups is 1. The Labute approximate surface area is 65.5 Å². The third kappa shape index (κ3) is 1.15. The zero-order valence-electron chi connectivity index (χ0n) is 6.63. The van der Waals surface area contributed by atoms with E-state index in [1.165, 1.54) is 0 Å². The lowest BCUT2D eigenvalue weighted by atomic mass is 10.1. The summed E-state index contributed by atoms with van der Waals surface area (Å²) in [7, 11) is 0. The van der Waals surface area contributed by atoms with Crippen LogP contribution < -0.4 is 5.73 Å². The van der Waals surface area contributed by atoms with Crippen molar-refractivity contribution in [3.8, 4) is 0 Å². The quantitative estimate of drug-likeness (QED) is 0.453. The molecule has 11 heavy (non-hydrogen) atoms. The maximum atomic E-state index is 8.57. The van der Waals surface area contributed by atoms with E-state index in [4.69, 9.17) is 11.1 Å². The van der Waals surface area contributed by atoms with Crippen molar-refractivity contribution in [1.82, 2.24) is 0 Å². The molecule has 56 valence electrons. The molecule has 1 rings (SSSR count). The lowest BCUT2D eigenvalue weighted by Crippen LogP contribution is -1.88. The topological polar surface area (TPSA) is 54.2 Å². The molecule has 0 amide bonds. The zero-order valence-corrected chi connectivity index (χ0v) is 6.63. The largest absolute Gasteiger partial charge is 0.410 e. The highest BCUT2D eigenvalue weighted by atomic mass is 14.9. The van der Waals surface area contributed by atoms with Crippen molar-refractivity contribution in [2.45, 2.75) is 13.8 Å². The average molecular weight is 148 g/mol. The van der Waals surface area contributed by atoms with E-state index in [9.17, 15) is 0 Å². The molecule has 0 aromatic heterocycles. The molecule has 1 aromatic carbocycles. The van der Waals surface area contributed by atoms with Crippen molar-refractivity contribution < 1.29 is 0 Å². The predicted molar refractivity (Wildman–Crippen MR) is 45.1 cm³/mol. The number of nitrogens with zero attached hydrogens (tertiary/aromatic N) is 2. The van der Waals surface area contributed by atoms with Crippen molar-refractivity contribution in [3.05, 3.63) is 28.2 Å². The molecule has 0 heterocycles. The van der Waals surface area contributed by atoms with Crippen LogP contribution in [0.3, 0.4) is 0 Å². The summed E-state index contributed by atoms with van der Waals surface area (Å²) in [6.45, 7) is 3.82. The number of hydrogen-bond acceptors (Lipinski definition) is 2. The van der Waals surface area contributed by atoms with Crippen LogP contribution in [0.5, 0.6) is 0 Å². The normalized spacial score (nSPS) is 9.18. The monoisotopic (exact) mass is 148 g/mol. The maximum Gasteiger partial charge on any atom is 0.410 e. The first-order valence-electron chi connectivity index (χ1n) is 3.37. The summed E-state index contributed by atoms with van der Waals surface area (Å²) in [4.78, 5) is 3.11. The lowest BCUT2D eigenvalue weighted by molar-refractivity contribution is 1.33. The third-order valence-electron chi connectivity index (χ3n) is 1.83. The molecule has 0 bridgehead atoms. The molecular formula is C8H10N3+. The van der Waals surface area contributed by atoms with E-state index in [0.717, 1.165) is 11.1 Å². The number of nitrogen functional groups attached to an aromatic ring is 1. The molecule has 0 unspecified atom stereocenters. The molecule has 0 fully saturated rings. The van der Waals surface area contributed by atoms with Gasteiger partial charge in [-0.1, -0.05) is 6.07 Å². The van der Waals surface area contributed by atoms with Crippen molar-refractivity contribution >= 4 is 11.4 Å². The second-order valence-corrected chi connectivity index (χ2v) is 2.55. The van der Waals surface area contributed by atoms with E-state index < -0.39 is 0 Å². The van der Waals surface area contributed by atoms with E-state index in [1.807, 2.05) is 19.9 Å². The van der Waals surface area contributed by atoms with Crippen LogP contribution in [-0.2, 0) is 0 Å². The van der Waals surface area contributed by atoms with Gasteiger partial charge in [-0.15, -0.1) is 0 Å². The molecule has 1 aromatic rings. The molecule has 0 aliphatic heterocycles. The number of aryl methyl sites for hydroxylation is 1. The Bertz CT molecular complexity index is 323. The molecule has 3 heteroatoms. The van der Waals surface area contributed by atoms with Crippen molar-refractivity contribution in [3.63, 3.8) is 0 Å². The Morgan fingerprint density at radius 1 is 1.36 bits per heavy atom. The van der Waals surface area contributed by atoms with Crippen LogP contribution in [0.15, 0.2) is 12.1 Å². The van der Waals surface area contributed by atoms with Gasteiger partial charge in [-0.2, -0.15) is 0 Å². The van der Waals surface area contributed by atoms with Crippen LogP contribution in [0.25, 0.3) is 4.98 Å². The minimum Gasteiger partial charge on any atom is -0.392 e. The number of benzene rings is 1. The fourth-order valence-corrected chi connectivity index (χ4v) is 0.955. The Morgan fingerprint density at radius 3 is 2.45 bits per heavy atom. The van der Waals surface area contributed by atoms with Crippen molar-refractivity contribution in [2.75, 3.05) is 5.73 Å². The maximum absolute atomic E-state index is 8.57. The van der Waals surface area contributed by atoms with Crippen LogP contribution in [0.2, 0.25) is 0 Å². The van der Waals surface area contributed by atoms with Gasteiger partial charge in [-0.05, 0) is 25.5 Å². The van der Waals surface area contributed by atoms with Gasteiger partial charge in [0.05, 0.1) is 0 Å². The smallest absolute Gasteiger partial charge is 0.392 e. The van der Waals surface area contributed by atoms with Gasteiger partial charge in [0.1, 0.15) is 5.69 Å². The zero-order chi connectivity index (χ0) is 8.43. The molecular weight excluding hydrogens is 138 g/mol. The van der Waals surface area contributed by atoms with Crippen LogP contribution in [0.1, 0.15) is 11.1 Å². The fourth-order valence-electron chi connectivity index (χ4n) is 0.955. The van der Waals surface area contributed by atoms with Gasteiger partial charge in [0.25, 0.3) is 0 Å². The van der Waals surface area contributed by atoms with Crippen LogP contribution in [0.4, 0.5) is 11.4 Å². The first kappa shape index (κ1) is 7.55. The third-order valence-corrected chi connectivity index (χ3v) is 1.83. The summed E-state index contributed by atoms with van der Waals surface area (Å²) < 4.78 is 0. The number of nitrogens with two attached hydrogens (primary N) is 1. The number of rotatable bonds is 0. The first-order valence-corrected chi connectivity index (χ1v) is 3.37. The number of hydrogen-bond donors (Lipinski definition) is 1. The summed E-state index contributed by atoms with van der Waals surface area (Å²) in [5.41, 5.74) is 8.53. The van der Waals surface area contributed by atoms with Gasteiger partial charge in [0.15, 0.2) is 4.98 Å². The molecule has 3 nitrogen and oxygen atoms in total. The Morgan fingerprint density at radius 2 is 2.00 bits per heavy atom. The van der Waals surface area contributed by atoms with E-state index in [-0.39, 0.29) is 0 Å². The second kappa shape index (κ2) is 2.59. The first-order chi connectivity index (χ1) is 5.16. The van der Waals surface area contributed by atoms with Gasteiger partial charge in [0.2, 0.25) is 5.39 Å². The second-order valence-electron chi connectivity index (χ2n) is 2.55. The average Bonchev–Trinajstić information content (AvgIpc) is 1.99. The molecule has 0 saturated heterocycles. The highest BCUT2D eigenvalue weighted by molar-refractivity contribution is 5.71. The van der Waals surface area contributed by atoms with E-state index in [0.29, 0.717) is 11.4 Å². The van der Waals surface area contributed by atoms with E-state index in [2.05, 4.69) is 4.98 Å². The molecule has 0 atom stereocenters. The minimum atomic E-state index is 0.477. The Balaban J connectivity index is 3.44. The van der Waals surface area contributed by atoms with Crippen LogP contribution in [-0.4, -0.2) is 0 Å². The molecule has 0 spiro atoms. The standard InChI is InChI=1S/C8H10N3/c1-5-3-4-7(9)8(11-10)6(5)2/h3-4H,9H2,1-2H3/q+1. The predicted octanol–water partition coefficient (Wildman–Crippen LogP) is 2.37. The van der Waals surface area contributed by atoms with Gasteiger partial charge < -0.3 is 5.73 Å². The van der Waals surface area contributed by atoms with Crippen LogP contribution in [0, 0.1) is 19.2 Å².